The predicted octanol–water partition coefficient (Wildman–Crippen LogP) is 2.56. The van der Waals surface area contributed by atoms with E-state index in [2.05, 4.69) is 10.4 Å². The van der Waals surface area contributed by atoms with Gasteiger partial charge in [-0.25, -0.2) is 0 Å². The van der Waals surface area contributed by atoms with Crippen molar-refractivity contribution in [1.29, 1.82) is 0 Å². The third-order valence-corrected chi connectivity index (χ3v) is 4.72. The van der Waals surface area contributed by atoms with E-state index in [0.717, 1.165) is 17.4 Å². The van der Waals surface area contributed by atoms with E-state index in [4.69, 9.17) is 0 Å². The van der Waals surface area contributed by atoms with Gasteiger partial charge in [0.25, 0.3) is 0 Å². The molecule has 1 heterocycles. The van der Waals surface area contributed by atoms with Crippen LogP contribution >= 0.6 is 0 Å². The van der Waals surface area contributed by atoms with Crippen molar-refractivity contribution in [2.75, 3.05) is 7.05 Å². The monoisotopic (exact) mass is 285 g/mol. The fourth-order valence-electron chi connectivity index (χ4n) is 3.51. The van der Waals surface area contributed by atoms with Gasteiger partial charge in [0.2, 0.25) is 5.43 Å². The Bertz CT molecular complexity index is 658. The van der Waals surface area contributed by atoms with E-state index < -0.39 is 0 Å². The van der Waals surface area contributed by atoms with Crippen molar-refractivity contribution in [1.82, 2.24) is 15.1 Å². The van der Waals surface area contributed by atoms with Crippen LogP contribution in [0.3, 0.4) is 0 Å². The quantitative estimate of drug-likeness (QED) is 0.939. The summed E-state index contributed by atoms with van der Waals surface area (Å²) in [4.78, 5) is 11.9. The first-order valence-corrected chi connectivity index (χ1v) is 7.91. The number of aromatic nitrogens is 2. The average molecular weight is 285 g/mol. The van der Waals surface area contributed by atoms with Crippen LogP contribution in [0.4, 0.5) is 0 Å². The molecule has 0 amide bonds. The highest BCUT2D eigenvalue weighted by molar-refractivity contribution is 5.77. The highest BCUT2D eigenvalue weighted by atomic mass is 16.1. The van der Waals surface area contributed by atoms with Gasteiger partial charge in [0.1, 0.15) is 0 Å². The van der Waals surface area contributed by atoms with Crippen molar-refractivity contribution in [3.05, 3.63) is 40.7 Å². The molecule has 0 spiro atoms. The van der Waals surface area contributed by atoms with Crippen LogP contribution in [-0.2, 0) is 6.54 Å². The van der Waals surface area contributed by atoms with Crippen LogP contribution in [0, 0.1) is 5.92 Å². The van der Waals surface area contributed by atoms with Gasteiger partial charge in [0, 0.05) is 11.4 Å². The highest BCUT2D eigenvalue weighted by Gasteiger charge is 2.23. The molecule has 1 N–H and O–H groups in total. The Morgan fingerprint density at radius 3 is 2.81 bits per heavy atom. The maximum Gasteiger partial charge on any atom is 0.207 e. The fourth-order valence-corrected chi connectivity index (χ4v) is 3.51. The molecule has 4 heteroatoms. The second-order valence-corrected chi connectivity index (χ2v) is 6.00. The molecule has 0 aliphatic heterocycles. The van der Waals surface area contributed by atoms with Gasteiger partial charge in [-0.2, -0.15) is 5.10 Å². The molecule has 1 fully saturated rings. The molecule has 1 aromatic carbocycles. The Kier molecular flexibility index (Phi) is 4.34. The molecule has 1 atom stereocenters. The van der Waals surface area contributed by atoms with Gasteiger partial charge in [-0.05, 0) is 37.9 Å². The van der Waals surface area contributed by atoms with E-state index in [1.165, 1.54) is 38.3 Å². The van der Waals surface area contributed by atoms with Crippen LogP contribution in [-0.4, -0.2) is 22.9 Å². The SMILES string of the molecule is CNC(Cn1ncc(=O)c2ccccc21)C1CCCCC1. The molecule has 1 saturated carbocycles. The lowest BCUT2D eigenvalue weighted by molar-refractivity contribution is 0.253. The maximum absolute atomic E-state index is 11.9. The molecule has 1 unspecified atom stereocenters. The number of hydrogen-bond donors (Lipinski definition) is 1. The minimum absolute atomic E-state index is 0.000485. The minimum atomic E-state index is 0.000485. The molecular weight excluding hydrogens is 262 g/mol. The van der Waals surface area contributed by atoms with E-state index in [1.807, 2.05) is 36.0 Å². The molecule has 1 aliphatic rings. The summed E-state index contributed by atoms with van der Waals surface area (Å²) in [5, 5.41) is 8.57. The number of likely N-dealkylation sites (N-methyl/N-ethyl adjacent to an activating group) is 1. The smallest absolute Gasteiger partial charge is 0.207 e. The van der Waals surface area contributed by atoms with Crippen molar-refractivity contribution < 1.29 is 0 Å². The molecule has 21 heavy (non-hydrogen) atoms. The lowest BCUT2D eigenvalue weighted by Crippen LogP contribution is -2.39. The first-order chi connectivity index (χ1) is 10.3. The summed E-state index contributed by atoms with van der Waals surface area (Å²) in [6.07, 6.45) is 8.07. The van der Waals surface area contributed by atoms with Crippen molar-refractivity contribution in [2.24, 2.45) is 5.92 Å². The Morgan fingerprint density at radius 1 is 1.29 bits per heavy atom. The standard InChI is InChI=1S/C17H23N3O/c1-18-15(13-7-3-2-4-8-13)12-20-16-10-6-5-9-14(16)17(21)11-19-20/h5-6,9-11,13,15,18H,2-4,7-8,12H2,1H3. The second-order valence-electron chi connectivity index (χ2n) is 6.00. The van der Waals surface area contributed by atoms with E-state index in [-0.39, 0.29) is 5.43 Å². The largest absolute Gasteiger partial charge is 0.315 e. The number of fused-ring (bicyclic) bond motifs is 1. The summed E-state index contributed by atoms with van der Waals surface area (Å²) in [7, 11) is 2.03. The lowest BCUT2D eigenvalue weighted by Gasteiger charge is -2.30. The molecule has 0 radical (unpaired) electrons. The van der Waals surface area contributed by atoms with Crippen molar-refractivity contribution in [3.63, 3.8) is 0 Å². The second kappa shape index (κ2) is 6.39. The zero-order valence-corrected chi connectivity index (χ0v) is 12.6. The van der Waals surface area contributed by atoms with Gasteiger partial charge in [0.15, 0.2) is 0 Å². The van der Waals surface area contributed by atoms with E-state index >= 15 is 0 Å². The summed E-state index contributed by atoms with van der Waals surface area (Å²) in [6.45, 7) is 0.821. The Labute approximate surface area is 125 Å². The molecule has 3 rings (SSSR count). The van der Waals surface area contributed by atoms with Gasteiger partial charge in [-0.3, -0.25) is 9.48 Å². The highest BCUT2D eigenvalue weighted by Crippen LogP contribution is 2.27. The van der Waals surface area contributed by atoms with Gasteiger partial charge in [-0.15, -0.1) is 0 Å². The van der Waals surface area contributed by atoms with Crippen molar-refractivity contribution >= 4 is 10.9 Å². The van der Waals surface area contributed by atoms with Crippen molar-refractivity contribution in [2.45, 2.75) is 44.7 Å². The maximum atomic E-state index is 11.9. The lowest BCUT2D eigenvalue weighted by atomic mass is 9.84. The molecule has 2 aromatic rings. The number of hydrogen-bond acceptors (Lipinski definition) is 3. The summed E-state index contributed by atoms with van der Waals surface area (Å²) < 4.78 is 1.98. The number of rotatable bonds is 4. The number of benzene rings is 1. The van der Waals surface area contributed by atoms with Gasteiger partial charge in [0.05, 0.1) is 18.3 Å². The summed E-state index contributed by atoms with van der Waals surface area (Å²) >= 11 is 0. The molecular formula is C17H23N3O. The zero-order valence-electron chi connectivity index (χ0n) is 12.6. The Hall–Kier alpha value is -1.68. The van der Waals surface area contributed by atoms with Gasteiger partial charge in [-0.1, -0.05) is 31.4 Å². The third-order valence-electron chi connectivity index (χ3n) is 4.72. The normalized spacial score (nSPS) is 18.0. The van der Waals surface area contributed by atoms with E-state index in [9.17, 15) is 4.79 Å². The van der Waals surface area contributed by atoms with Gasteiger partial charge >= 0.3 is 0 Å². The summed E-state index contributed by atoms with van der Waals surface area (Å²) in [5.74, 6) is 0.712. The van der Waals surface area contributed by atoms with E-state index in [1.54, 1.807) is 0 Å². The first-order valence-electron chi connectivity index (χ1n) is 7.91. The van der Waals surface area contributed by atoms with Crippen LogP contribution in [0.5, 0.6) is 0 Å². The van der Waals surface area contributed by atoms with Crippen LogP contribution in [0.1, 0.15) is 32.1 Å². The summed E-state index contributed by atoms with van der Waals surface area (Å²) in [5.41, 5.74) is 0.932. The third kappa shape index (κ3) is 3.00. The van der Waals surface area contributed by atoms with Crippen molar-refractivity contribution in [3.8, 4) is 0 Å². The molecule has 112 valence electrons. The van der Waals surface area contributed by atoms with Crippen LogP contribution in [0.15, 0.2) is 35.3 Å². The van der Waals surface area contributed by atoms with Crippen LogP contribution < -0.4 is 10.7 Å². The molecule has 4 nitrogen and oxygen atoms in total. The van der Waals surface area contributed by atoms with Gasteiger partial charge < -0.3 is 5.32 Å². The van der Waals surface area contributed by atoms with E-state index in [0.29, 0.717) is 12.0 Å². The van der Waals surface area contributed by atoms with Crippen LogP contribution in [0.25, 0.3) is 10.9 Å². The molecule has 0 bridgehead atoms. The Morgan fingerprint density at radius 2 is 2.05 bits per heavy atom. The predicted molar refractivity (Wildman–Crippen MR) is 85.4 cm³/mol. The molecule has 1 aliphatic carbocycles. The Balaban J connectivity index is 1.89. The summed E-state index contributed by atoms with van der Waals surface area (Å²) in [6, 6.07) is 8.16. The van der Waals surface area contributed by atoms with Crippen LogP contribution in [0.2, 0.25) is 0 Å². The minimum Gasteiger partial charge on any atom is -0.315 e. The number of para-hydroxylation sites is 1. The topological polar surface area (TPSA) is 46.9 Å². The zero-order chi connectivity index (χ0) is 14.7. The number of nitrogens with zero attached hydrogens (tertiary/aromatic N) is 2. The molecule has 1 aromatic heterocycles. The number of nitrogens with one attached hydrogen (secondary N) is 1. The fraction of sp³-hybridized carbons (Fsp3) is 0.529. The average Bonchev–Trinajstić information content (AvgIpc) is 2.55. The first kappa shape index (κ1) is 14.3. The molecule has 0 saturated heterocycles.